The van der Waals surface area contributed by atoms with Crippen LogP contribution in [0.4, 0.5) is 61.5 Å². The van der Waals surface area contributed by atoms with Gasteiger partial charge in [0.15, 0.2) is 35.3 Å². The van der Waals surface area contributed by atoms with Gasteiger partial charge in [-0.25, -0.2) is 8.78 Å². The molecule has 292 valence electrons. The van der Waals surface area contributed by atoms with E-state index in [1.165, 1.54) is 0 Å². The van der Waals surface area contributed by atoms with Crippen LogP contribution in [0, 0.1) is 11.6 Å². The number of hydrogen-bond donors (Lipinski definition) is 0. The van der Waals surface area contributed by atoms with Crippen molar-refractivity contribution in [3.05, 3.63) is 45.9 Å². The molecular weight excluding hydrogens is 833 g/mol. The van der Waals surface area contributed by atoms with Crippen molar-refractivity contribution >= 4 is 56.6 Å². The van der Waals surface area contributed by atoms with Crippen LogP contribution in [0.5, 0.6) is 11.5 Å². The summed E-state index contributed by atoms with van der Waals surface area (Å²) in [7, 11) is -5.73. The zero-order chi connectivity index (χ0) is 38.9. The lowest BCUT2D eigenvalue weighted by atomic mass is 10.1. The van der Waals surface area contributed by atoms with Crippen LogP contribution in [0.15, 0.2) is 34.1 Å². The van der Waals surface area contributed by atoms with Crippen LogP contribution < -0.4 is 9.47 Å². The van der Waals surface area contributed by atoms with Crippen LogP contribution in [0.2, 0.25) is 10.0 Å². The van der Waals surface area contributed by atoms with Crippen molar-refractivity contribution in [2.45, 2.75) is 85.2 Å². The van der Waals surface area contributed by atoms with Crippen LogP contribution in [-0.2, 0) is 21.6 Å². The van der Waals surface area contributed by atoms with Crippen molar-refractivity contribution in [2.24, 2.45) is 0 Å². The fourth-order valence-electron chi connectivity index (χ4n) is 4.06. The quantitative estimate of drug-likeness (QED) is 0.110. The lowest BCUT2D eigenvalue weighted by Crippen LogP contribution is -2.34. The van der Waals surface area contributed by atoms with Crippen LogP contribution in [0.1, 0.15) is 38.5 Å². The number of benzene rings is 2. The predicted molar refractivity (Wildman–Crippen MR) is 163 cm³/mol. The van der Waals surface area contributed by atoms with Crippen LogP contribution in [-0.4, -0.2) is 68.3 Å². The third-order valence-corrected chi connectivity index (χ3v) is 11.2. The summed E-state index contributed by atoms with van der Waals surface area (Å²) in [5.41, 5.74) is 0. The van der Waals surface area contributed by atoms with Crippen molar-refractivity contribution in [1.29, 1.82) is 0 Å². The normalized spacial score (nSPS) is 15.4. The van der Waals surface area contributed by atoms with E-state index in [0.717, 1.165) is 11.8 Å². The third kappa shape index (κ3) is 16.1. The van der Waals surface area contributed by atoms with Crippen molar-refractivity contribution in [3.8, 4) is 11.5 Å². The monoisotopic (exact) mass is 858 g/mol. The highest BCUT2D eigenvalue weighted by Crippen LogP contribution is 2.36. The van der Waals surface area contributed by atoms with Crippen molar-refractivity contribution in [3.63, 3.8) is 0 Å². The molecule has 0 heterocycles. The summed E-state index contributed by atoms with van der Waals surface area (Å²) in [6.45, 7) is 0. The molecule has 23 heteroatoms. The molecule has 0 aliphatic rings. The van der Waals surface area contributed by atoms with Gasteiger partial charge in [0.1, 0.15) is 11.5 Å². The van der Waals surface area contributed by atoms with Crippen molar-refractivity contribution < 1.29 is 79.4 Å². The molecule has 0 saturated carbocycles. The molecule has 4 nitrogen and oxygen atoms in total. The molecular formula is C28H26Cl2F14O4S3. The maximum atomic E-state index is 14.3. The van der Waals surface area contributed by atoms with Gasteiger partial charge in [-0.05, 0) is 62.2 Å². The Hall–Kier alpha value is -1.71. The van der Waals surface area contributed by atoms with Gasteiger partial charge < -0.3 is 9.47 Å². The van der Waals surface area contributed by atoms with E-state index in [1.54, 1.807) is 0 Å². The number of halogens is 16. The Labute approximate surface area is 300 Å². The molecule has 0 N–H and O–H groups in total. The summed E-state index contributed by atoms with van der Waals surface area (Å²) in [6, 6.07) is 1.58. The highest BCUT2D eigenvalue weighted by Gasteiger charge is 2.43. The lowest BCUT2D eigenvalue weighted by molar-refractivity contribution is -0.197. The van der Waals surface area contributed by atoms with Crippen molar-refractivity contribution in [1.82, 2.24) is 0 Å². The van der Waals surface area contributed by atoms with Gasteiger partial charge in [0.05, 0.1) is 41.4 Å². The average Bonchev–Trinajstić information content (AvgIpc) is 2.93. The molecule has 0 fully saturated rings. The standard InChI is InChI=1S/C28H26Cl2F14O4S3/c29-15-9-17(31)19(11-21(15)50(45)13-25(33,34)35)47-23(27(39,40)41)5-1-3-7-49-8-4-2-6-24(28(42,43)44)48-20-12-22(16(30)10-18(20)32)51(46)14-26(36,37)38/h9-12,23-24H,1-8,13-14H2. The fourth-order valence-corrected chi connectivity index (χ4v) is 7.83. The van der Waals surface area contributed by atoms with E-state index >= 15 is 0 Å². The molecule has 4 unspecified atom stereocenters. The minimum atomic E-state index is -5.04. The topological polar surface area (TPSA) is 52.6 Å². The van der Waals surface area contributed by atoms with E-state index in [2.05, 4.69) is 0 Å². The van der Waals surface area contributed by atoms with Gasteiger partial charge in [-0.15, -0.1) is 0 Å². The molecule has 0 amide bonds. The molecule has 51 heavy (non-hydrogen) atoms. The Kier molecular flexibility index (Phi) is 17.0. The Morgan fingerprint density at radius 3 is 1.22 bits per heavy atom. The van der Waals surface area contributed by atoms with Gasteiger partial charge in [0, 0.05) is 12.1 Å². The zero-order valence-corrected chi connectivity index (χ0v) is 29.4. The van der Waals surface area contributed by atoms with Crippen LogP contribution in [0.25, 0.3) is 0 Å². The second-order valence-corrected chi connectivity index (χ2v) is 15.4. The molecule has 0 radical (unpaired) electrons. The summed E-state index contributed by atoms with van der Waals surface area (Å²) in [5, 5.41) is -1.42. The zero-order valence-electron chi connectivity index (χ0n) is 25.4. The third-order valence-electron chi connectivity index (χ3n) is 6.33. The molecule has 0 saturated heterocycles. The first kappa shape index (κ1) is 45.4. The minimum Gasteiger partial charge on any atom is -0.478 e. The average molecular weight is 860 g/mol. The van der Waals surface area contributed by atoms with E-state index in [-0.39, 0.29) is 37.2 Å². The molecule has 0 aliphatic carbocycles. The highest BCUT2D eigenvalue weighted by molar-refractivity contribution is 7.99. The van der Waals surface area contributed by atoms with Gasteiger partial charge in [0.25, 0.3) is 0 Å². The summed E-state index contributed by atoms with van der Waals surface area (Å²) < 4.78 is 219. The molecule has 0 aromatic heterocycles. The Morgan fingerprint density at radius 2 is 0.922 bits per heavy atom. The minimum absolute atomic E-state index is 0.132. The molecule has 0 aliphatic heterocycles. The van der Waals surface area contributed by atoms with Crippen LogP contribution in [0.3, 0.4) is 0 Å². The SMILES string of the molecule is O=S(CC(F)(F)F)c1cc(OC(CCCCSCCCCC(Oc2cc(S(=O)CC(F)(F)F)c(Cl)cc2F)C(F)(F)F)C(F)(F)F)c(F)cc1Cl. The Morgan fingerprint density at radius 1 is 0.588 bits per heavy atom. The van der Waals surface area contributed by atoms with E-state index in [1.807, 2.05) is 0 Å². The van der Waals surface area contributed by atoms with E-state index in [0.29, 0.717) is 24.3 Å². The molecule has 0 spiro atoms. The van der Waals surface area contributed by atoms with E-state index < -0.39 is 126 Å². The Balaban J connectivity index is 1.88. The van der Waals surface area contributed by atoms with Gasteiger partial charge in [-0.1, -0.05) is 23.2 Å². The highest BCUT2D eigenvalue weighted by atomic mass is 35.5. The van der Waals surface area contributed by atoms with E-state index in [4.69, 9.17) is 32.7 Å². The summed E-state index contributed by atoms with van der Waals surface area (Å²) in [5.74, 6) is -8.41. The van der Waals surface area contributed by atoms with E-state index in [9.17, 15) is 69.9 Å². The molecule has 4 atom stereocenters. The largest absolute Gasteiger partial charge is 0.478 e. The molecule has 0 bridgehead atoms. The van der Waals surface area contributed by atoms with Gasteiger partial charge in [0.2, 0.25) is 0 Å². The summed E-state index contributed by atoms with van der Waals surface area (Å²) >= 11 is 12.4. The number of hydrogen-bond acceptors (Lipinski definition) is 5. The molecule has 2 rings (SSSR count). The fraction of sp³-hybridized carbons (Fsp3) is 0.571. The summed E-state index contributed by atoms with van der Waals surface area (Å²) in [6.07, 6.45) is -26.6. The maximum absolute atomic E-state index is 14.3. The molecule has 2 aromatic carbocycles. The lowest BCUT2D eigenvalue weighted by Gasteiger charge is -2.23. The number of unbranched alkanes of at least 4 members (excludes halogenated alkanes) is 2. The van der Waals surface area contributed by atoms with Gasteiger partial charge in [-0.3, -0.25) is 8.42 Å². The number of thioether (sulfide) groups is 1. The number of alkyl halides is 12. The first-order valence-electron chi connectivity index (χ1n) is 14.2. The number of rotatable bonds is 18. The maximum Gasteiger partial charge on any atom is 0.425 e. The van der Waals surface area contributed by atoms with Gasteiger partial charge in [-0.2, -0.15) is 64.4 Å². The Bertz CT molecular complexity index is 1390. The predicted octanol–water partition coefficient (Wildman–Crippen LogP) is 11.0. The summed E-state index contributed by atoms with van der Waals surface area (Å²) in [4.78, 5) is -1.56. The smallest absolute Gasteiger partial charge is 0.425 e. The first-order valence-corrected chi connectivity index (χ1v) is 18.8. The molecule has 2 aromatic rings. The van der Waals surface area contributed by atoms with Crippen molar-refractivity contribution in [2.75, 3.05) is 23.0 Å². The van der Waals surface area contributed by atoms with Crippen LogP contribution >= 0.6 is 35.0 Å². The second-order valence-electron chi connectivity index (χ2n) is 10.5. The van der Waals surface area contributed by atoms with Gasteiger partial charge >= 0.3 is 24.7 Å². The number of ether oxygens (including phenoxy) is 2. The first-order chi connectivity index (χ1) is 23.3. The second kappa shape index (κ2) is 19.1.